The van der Waals surface area contributed by atoms with E-state index in [1.165, 1.54) is 0 Å². The highest BCUT2D eigenvalue weighted by Crippen LogP contribution is 2.44. The fourth-order valence-electron chi connectivity index (χ4n) is 4.33. The maximum atomic E-state index is 13.1. The van der Waals surface area contributed by atoms with Crippen LogP contribution in [0.1, 0.15) is 82.9 Å². The number of nitrogens with zero attached hydrogens (tertiary/aromatic N) is 3. The van der Waals surface area contributed by atoms with Crippen molar-refractivity contribution in [2.24, 2.45) is 5.92 Å². The highest BCUT2D eigenvalue weighted by Gasteiger charge is 2.48. The highest BCUT2D eigenvalue weighted by molar-refractivity contribution is 5.92. The molecule has 1 aromatic heterocycles. The molecule has 2 fully saturated rings. The first-order chi connectivity index (χ1) is 11.6. The number of ether oxygens (including phenoxy) is 1. The zero-order valence-corrected chi connectivity index (χ0v) is 16.6. The molecule has 25 heavy (non-hydrogen) atoms. The lowest BCUT2D eigenvalue weighted by molar-refractivity contribution is -0.210. The van der Waals surface area contributed by atoms with E-state index in [-0.39, 0.29) is 17.1 Å². The first-order valence-electron chi connectivity index (χ1n) is 9.72. The molecule has 140 valence electrons. The van der Waals surface area contributed by atoms with Crippen molar-refractivity contribution in [2.45, 2.75) is 84.5 Å². The highest BCUT2D eigenvalue weighted by atomic mass is 16.5. The molecule has 0 aliphatic carbocycles. The van der Waals surface area contributed by atoms with Crippen molar-refractivity contribution < 1.29 is 9.53 Å². The van der Waals surface area contributed by atoms with Crippen LogP contribution in [0, 0.1) is 5.92 Å². The summed E-state index contributed by atoms with van der Waals surface area (Å²) in [6.45, 7) is 15.1. The van der Waals surface area contributed by atoms with Gasteiger partial charge in [-0.05, 0) is 58.9 Å². The summed E-state index contributed by atoms with van der Waals surface area (Å²) in [5.41, 5.74) is 1.57. The number of amides is 1. The van der Waals surface area contributed by atoms with Crippen LogP contribution in [-0.2, 0) is 11.3 Å². The number of carbonyl (C=O) groups is 1. The Labute approximate surface area is 151 Å². The molecular formula is C20H33N3O2. The van der Waals surface area contributed by atoms with E-state index in [0.29, 0.717) is 11.8 Å². The van der Waals surface area contributed by atoms with E-state index >= 15 is 0 Å². The summed E-state index contributed by atoms with van der Waals surface area (Å²) >= 11 is 0. The molecule has 5 heteroatoms. The zero-order chi connectivity index (χ0) is 18.4. The molecule has 5 nitrogen and oxygen atoms in total. The Morgan fingerprint density at radius 3 is 2.72 bits per heavy atom. The van der Waals surface area contributed by atoms with Crippen molar-refractivity contribution in [3.8, 4) is 0 Å². The largest absolute Gasteiger partial charge is 0.369 e. The Balaban J connectivity index is 1.77. The molecule has 2 atom stereocenters. The fourth-order valence-corrected chi connectivity index (χ4v) is 4.33. The maximum absolute atomic E-state index is 13.1. The van der Waals surface area contributed by atoms with Crippen LogP contribution in [0.15, 0.2) is 6.07 Å². The van der Waals surface area contributed by atoms with Crippen molar-refractivity contribution in [1.82, 2.24) is 14.7 Å². The Morgan fingerprint density at radius 2 is 2.08 bits per heavy atom. The molecule has 0 spiro atoms. The fraction of sp³-hybridized carbons (Fsp3) is 0.800. The number of carbonyl (C=O) groups excluding carboxylic acids is 1. The molecule has 0 N–H and O–H groups in total. The molecule has 1 aromatic rings. The van der Waals surface area contributed by atoms with E-state index in [1.807, 2.05) is 22.6 Å². The summed E-state index contributed by atoms with van der Waals surface area (Å²) in [5, 5.41) is 4.60. The average Bonchev–Trinajstić information content (AvgIpc) is 2.97. The van der Waals surface area contributed by atoms with E-state index in [2.05, 4.69) is 39.7 Å². The van der Waals surface area contributed by atoms with Gasteiger partial charge in [-0.3, -0.25) is 9.48 Å². The molecule has 2 aliphatic heterocycles. The minimum atomic E-state index is -0.105. The van der Waals surface area contributed by atoms with Crippen LogP contribution in [0.5, 0.6) is 0 Å². The molecule has 2 saturated heterocycles. The number of piperidine rings is 1. The van der Waals surface area contributed by atoms with Gasteiger partial charge in [0.25, 0.3) is 5.91 Å². The number of aromatic nitrogens is 2. The van der Waals surface area contributed by atoms with Gasteiger partial charge in [0.1, 0.15) is 5.69 Å². The van der Waals surface area contributed by atoms with Gasteiger partial charge in [-0.25, -0.2) is 0 Å². The standard InChI is InChI=1S/C20H33N3O2/c1-7-23-17(12-16(21-23)14(2)3)18(24)22-11-10-20(6)15(13-22)8-9-19(4,5)25-20/h12,14-15H,7-11,13H2,1-6H3/t15-,20+/m0/s1. The van der Waals surface area contributed by atoms with Crippen molar-refractivity contribution in [2.75, 3.05) is 13.1 Å². The SMILES string of the molecule is CCn1nc(C(C)C)cc1C(=O)N1CC[C@@]2(C)OC(C)(C)CC[C@H]2C1. The van der Waals surface area contributed by atoms with Crippen molar-refractivity contribution >= 4 is 5.91 Å². The number of hydrogen-bond acceptors (Lipinski definition) is 3. The van der Waals surface area contributed by atoms with Crippen molar-refractivity contribution in [3.63, 3.8) is 0 Å². The van der Waals surface area contributed by atoms with Crippen LogP contribution in [0.2, 0.25) is 0 Å². The third kappa shape index (κ3) is 3.48. The topological polar surface area (TPSA) is 47.4 Å². The minimum absolute atomic E-state index is 0.0512. The third-order valence-electron chi connectivity index (χ3n) is 5.98. The number of likely N-dealkylation sites (tertiary alicyclic amines) is 1. The lowest BCUT2D eigenvalue weighted by Crippen LogP contribution is -2.58. The maximum Gasteiger partial charge on any atom is 0.272 e. The number of rotatable bonds is 3. The van der Waals surface area contributed by atoms with Gasteiger partial charge in [0.2, 0.25) is 0 Å². The predicted molar refractivity (Wildman–Crippen MR) is 98.8 cm³/mol. The quantitative estimate of drug-likeness (QED) is 0.835. The molecule has 1 amide bonds. The molecule has 0 aromatic carbocycles. The number of aryl methyl sites for hydroxylation is 1. The van der Waals surface area contributed by atoms with Crippen LogP contribution in [0.3, 0.4) is 0 Å². The van der Waals surface area contributed by atoms with E-state index in [9.17, 15) is 4.79 Å². The minimum Gasteiger partial charge on any atom is -0.369 e. The van der Waals surface area contributed by atoms with Crippen LogP contribution in [0.25, 0.3) is 0 Å². The van der Waals surface area contributed by atoms with Gasteiger partial charge >= 0.3 is 0 Å². The Kier molecular flexibility index (Phi) is 4.73. The number of hydrogen-bond donors (Lipinski definition) is 0. The molecule has 0 unspecified atom stereocenters. The first-order valence-corrected chi connectivity index (χ1v) is 9.72. The molecule has 3 heterocycles. The molecular weight excluding hydrogens is 314 g/mol. The summed E-state index contributed by atoms with van der Waals surface area (Å²) in [4.78, 5) is 15.2. The number of fused-ring (bicyclic) bond motifs is 1. The van der Waals surface area contributed by atoms with Gasteiger partial charge in [-0.1, -0.05) is 13.8 Å². The van der Waals surface area contributed by atoms with Crippen LogP contribution in [0.4, 0.5) is 0 Å². The van der Waals surface area contributed by atoms with Gasteiger partial charge in [-0.15, -0.1) is 0 Å². The van der Waals surface area contributed by atoms with Crippen LogP contribution >= 0.6 is 0 Å². The first kappa shape index (κ1) is 18.4. The van der Waals surface area contributed by atoms with E-state index in [1.54, 1.807) is 0 Å². The average molecular weight is 348 g/mol. The van der Waals surface area contributed by atoms with Crippen LogP contribution < -0.4 is 0 Å². The molecule has 0 bridgehead atoms. The van der Waals surface area contributed by atoms with E-state index in [4.69, 9.17) is 4.74 Å². The Bertz CT molecular complexity index is 649. The van der Waals surface area contributed by atoms with Crippen molar-refractivity contribution in [3.05, 3.63) is 17.5 Å². The summed E-state index contributed by atoms with van der Waals surface area (Å²) < 4.78 is 8.28. The zero-order valence-electron chi connectivity index (χ0n) is 16.6. The Hall–Kier alpha value is -1.36. The van der Waals surface area contributed by atoms with Crippen LogP contribution in [-0.4, -0.2) is 44.9 Å². The van der Waals surface area contributed by atoms with Gasteiger partial charge < -0.3 is 9.64 Å². The van der Waals surface area contributed by atoms with Crippen molar-refractivity contribution in [1.29, 1.82) is 0 Å². The van der Waals surface area contributed by atoms with Gasteiger partial charge in [0.05, 0.1) is 16.9 Å². The predicted octanol–water partition coefficient (Wildman–Crippen LogP) is 3.84. The third-order valence-corrected chi connectivity index (χ3v) is 5.98. The molecule has 3 rings (SSSR count). The monoisotopic (exact) mass is 347 g/mol. The summed E-state index contributed by atoms with van der Waals surface area (Å²) in [6, 6.07) is 1.98. The summed E-state index contributed by atoms with van der Waals surface area (Å²) in [5.74, 6) is 0.867. The second-order valence-corrected chi connectivity index (χ2v) is 8.84. The Morgan fingerprint density at radius 1 is 1.36 bits per heavy atom. The smallest absolute Gasteiger partial charge is 0.272 e. The summed E-state index contributed by atoms with van der Waals surface area (Å²) in [7, 11) is 0. The normalized spacial score (nSPS) is 28.9. The van der Waals surface area contributed by atoms with Gasteiger partial charge in [0, 0.05) is 25.6 Å². The molecule has 0 radical (unpaired) electrons. The van der Waals surface area contributed by atoms with Gasteiger partial charge in [-0.2, -0.15) is 5.10 Å². The second kappa shape index (κ2) is 6.42. The lowest BCUT2D eigenvalue weighted by Gasteiger charge is -2.53. The van der Waals surface area contributed by atoms with E-state index < -0.39 is 0 Å². The molecule has 2 aliphatic rings. The van der Waals surface area contributed by atoms with E-state index in [0.717, 1.165) is 50.3 Å². The van der Waals surface area contributed by atoms with Gasteiger partial charge in [0.15, 0.2) is 0 Å². The summed E-state index contributed by atoms with van der Waals surface area (Å²) in [6.07, 6.45) is 3.08. The lowest BCUT2D eigenvalue weighted by atomic mass is 9.74. The second-order valence-electron chi connectivity index (χ2n) is 8.84. The molecule has 0 saturated carbocycles.